The largest absolute Gasteiger partial charge is 0.477 e. The van der Waals surface area contributed by atoms with Gasteiger partial charge in [0.05, 0.1) is 6.10 Å². The Kier molecular flexibility index (Phi) is 5.91. The maximum atomic E-state index is 12.3. The molecule has 3 atom stereocenters. The Balaban J connectivity index is 2.82. The minimum atomic E-state index is -2.50. The monoisotopic (exact) mass is 289 g/mol. The quantitative estimate of drug-likeness (QED) is 0.633. The third kappa shape index (κ3) is 3.91. The lowest BCUT2D eigenvalue weighted by Crippen LogP contribution is -2.56. The Morgan fingerprint density at radius 1 is 1.30 bits per heavy atom. The number of ether oxygens (including phenoxy) is 1. The molecule has 1 aliphatic heterocycles. The van der Waals surface area contributed by atoms with Gasteiger partial charge in [0, 0.05) is 25.9 Å². The molecule has 1 aliphatic rings. The molecule has 0 aromatic carbocycles. The third-order valence-corrected chi connectivity index (χ3v) is 3.24. The molecule has 20 heavy (non-hydrogen) atoms. The van der Waals surface area contributed by atoms with Crippen LogP contribution in [-0.2, 0) is 14.3 Å². The lowest BCUT2D eigenvalue weighted by Gasteiger charge is -2.37. The lowest BCUT2D eigenvalue weighted by molar-refractivity contribution is -0.268. The van der Waals surface area contributed by atoms with E-state index in [0.717, 1.165) is 12.8 Å². The maximum absolute atomic E-state index is 12.3. The van der Waals surface area contributed by atoms with E-state index >= 15 is 0 Å². The van der Waals surface area contributed by atoms with Gasteiger partial charge in [0.15, 0.2) is 0 Å². The molecule has 7 heteroatoms. The van der Waals surface area contributed by atoms with E-state index in [1.54, 1.807) is 4.90 Å². The highest BCUT2D eigenvalue weighted by molar-refractivity contribution is 5.82. The fourth-order valence-electron chi connectivity index (χ4n) is 2.35. The number of aliphatic carboxylic acids is 1. The number of aliphatic hydroxyl groups excluding tert-OH is 1. The molecule has 1 heterocycles. The summed E-state index contributed by atoms with van der Waals surface area (Å²) in [4.78, 5) is 24.9. The molecule has 0 saturated carbocycles. The van der Waals surface area contributed by atoms with Crippen molar-refractivity contribution in [1.29, 1.82) is 0 Å². The van der Waals surface area contributed by atoms with Crippen LogP contribution in [0.3, 0.4) is 0 Å². The van der Waals surface area contributed by atoms with Crippen LogP contribution < -0.4 is 0 Å². The maximum Gasteiger partial charge on any atom is 0.364 e. The van der Waals surface area contributed by atoms with Crippen molar-refractivity contribution in [3.8, 4) is 0 Å². The molecule has 1 rings (SSSR count). The fourth-order valence-corrected chi connectivity index (χ4v) is 2.35. The van der Waals surface area contributed by atoms with Crippen molar-refractivity contribution in [2.75, 3.05) is 13.1 Å². The van der Waals surface area contributed by atoms with E-state index in [4.69, 9.17) is 9.84 Å². The van der Waals surface area contributed by atoms with E-state index in [1.807, 2.05) is 13.8 Å². The second kappa shape index (κ2) is 7.01. The van der Waals surface area contributed by atoms with Gasteiger partial charge in [0.1, 0.15) is 6.10 Å². The van der Waals surface area contributed by atoms with Crippen LogP contribution in [-0.4, -0.2) is 63.2 Å². The van der Waals surface area contributed by atoms with E-state index < -0.39 is 30.4 Å². The number of hydrogen-bond donors (Lipinski definition) is 3. The highest BCUT2D eigenvalue weighted by Gasteiger charge is 2.48. The first kappa shape index (κ1) is 16.9. The molecule has 0 bridgehead atoms. The van der Waals surface area contributed by atoms with Crippen LogP contribution in [0.15, 0.2) is 0 Å². The summed E-state index contributed by atoms with van der Waals surface area (Å²) in [6.07, 6.45) is -1.11. The Morgan fingerprint density at radius 3 is 2.30 bits per heavy atom. The fraction of sp³-hybridized carbons (Fsp3) is 0.846. The predicted molar refractivity (Wildman–Crippen MR) is 69.9 cm³/mol. The zero-order valence-corrected chi connectivity index (χ0v) is 11.9. The number of nitrogens with zero attached hydrogens (tertiary/aromatic N) is 1. The number of carbonyl (C=O) groups excluding carboxylic acids is 1. The van der Waals surface area contributed by atoms with Crippen molar-refractivity contribution >= 4 is 11.9 Å². The van der Waals surface area contributed by atoms with Crippen molar-refractivity contribution < 1.29 is 29.6 Å². The molecule has 0 aromatic heterocycles. The molecule has 2 unspecified atom stereocenters. The Bertz CT molecular complexity index is 355. The average Bonchev–Trinajstić information content (AvgIpc) is 2.36. The van der Waals surface area contributed by atoms with E-state index in [1.165, 1.54) is 0 Å². The number of carboxylic acid groups (broad SMARTS) is 1. The summed E-state index contributed by atoms with van der Waals surface area (Å²) in [6.45, 7) is 4.93. The molecular weight excluding hydrogens is 266 g/mol. The molecule has 1 fully saturated rings. The first-order valence-corrected chi connectivity index (χ1v) is 6.94. The highest BCUT2D eigenvalue weighted by atomic mass is 16.7. The molecule has 3 N–H and O–H groups in total. The van der Waals surface area contributed by atoms with Crippen LogP contribution >= 0.6 is 0 Å². The van der Waals surface area contributed by atoms with Gasteiger partial charge in [-0.1, -0.05) is 13.8 Å². The number of carboxylic acids is 1. The SMILES string of the molecule is CCCN(CCC)C(=O)[C@H]1CC(O)CC(O)(C(=O)O)O1. The standard InChI is InChI=1S/C13H23NO6/c1-3-5-14(6-4-2)11(16)10-7-9(15)8-13(19,20-10)12(17)18/h9-10,15,19H,3-8H2,1-2H3,(H,17,18)/t9?,10-,13?/m1/s1. The molecule has 0 spiro atoms. The first-order chi connectivity index (χ1) is 9.34. The van der Waals surface area contributed by atoms with Crippen molar-refractivity contribution in [2.45, 2.75) is 57.5 Å². The summed E-state index contributed by atoms with van der Waals surface area (Å²) in [6, 6.07) is 0. The molecule has 1 amide bonds. The Labute approximate surface area is 118 Å². The minimum Gasteiger partial charge on any atom is -0.477 e. The molecule has 7 nitrogen and oxygen atoms in total. The number of amides is 1. The zero-order valence-electron chi connectivity index (χ0n) is 11.9. The molecule has 0 radical (unpaired) electrons. The van der Waals surface area contributed by atoms with Crippen LogP contribution in [0.1, 0.15) is 39.5 Å². The molecule has 0 aliphatic carbocycles. The van der Waals surface area contributed by atoms with E-state index in [9.17, 15) is 19.8 Å². The van der Waals surface area contributed by atoms with E-state index in [-0.39, 0.29) is 12.3 Å². The van der Waals surface area contributed by atoms with Crippen molar-refractivity contribution in [2.24, 2.45) is 0 Å². The van der Waals surface area contributed by atoms with E-state index in [0.29, 0.717) is 13.1 Å². The zero-order chi connectivity index (χ0) is 15.3. The van der Waals surface area contributed by atoms with E-state index in [2.05, 4.69) is 0 Å². The molecule has 1 saturated heterocycles. The summed E-state index contributed by atoms with van der Waals surface area (Å²) in [5, 5.41) is 28.5. The summed E-state index contributed by atoms with van der Waals surface area (Å²) in [7, 11) is 0. The van der Waals surface area contributed by atoms with Crippen LogP contribution in [0.2, 0.25) is 0 Å². The predicted octanol–water partition coefficient (Wildman–Crippen LogP) is -0.0519. The number of carbonyl (C=O) groups is 2. The van der Waals surface area contributed by atoms with Crippen molar-refractivity contribution in [1.82, 2.24) is 4.90 Å². The van der Waals surface area contributed by atoms with Crippen LogP contribution in [0.5, 0.6) is 0 Å². The van der Waals surface area contributed by atoms with Gasteiger partial charge in [0.2, 0.25) is 0 Å². The van der Waals surface area contributed by atoms with Gasteiger partial charge in [-0.3, -0.25) is 4.79 Å². The van der Waals surface area contributed by atoms with Gasteiger partial charge >= 0.3 is 5.97 Å². The van der Waals surface area contributed by atoms with Crippen LogP contribution in [0, 0.1) is 0 Å². The van der Waals surface area contributed by atoms with Gasteiger partial charge in [-0.25, -0.2) is 4.79 Å². The van der Waals surface area contributed by atoms with Crippen molar-refractivity contribution in [3.05, 3.63) is 0 Å². The van der Waals surface area contributed by atoms with Gasteiger partial charge in [-0.05, 0) is 12.8 Å². The minimum absolute atomic E-state index is 0.00164. The van der Waals surface area contributed by atoms with Gasteiger partial charge in [-0.2, -0.15) is 0 Å². The topological polar surface area (TPSA) is 107 Å². The Hall–Kier alpha value is -1.18. The number of hydrogen-bond acceptors (Lipinski definition) is 5. The first-order valence-electron chi connectivity index (χ1n) is 6.94. The molecular formula is C13H23NO6. The third-order valence-electron chi connectivity index (χ3n) is 3.24. The smallest absolute Gasteiger partial charge is 0.364 e. The Morgan fingerprint density at radius 2 is 1.85 bits per heavy atom. The van der Waals surface area contributed by atoms with Gasteiger partial charge in [-0.15, -0.1) is 0 Å². The normalized spacial score (nSPS) is 30.0. The van der Waals surface area contributed by atoms with Gasteiger partial charge < -0.3 is 25.0 Å². The lowest BCUT2D eigenvalue weighted by atomic mass is 9.97. The van der Waals surface area contributed by atoms with Crippen LogP contribution in [0.25, 0.3) is 0 Å². The van der Waals surface area contributed by atoms with Gasteiger partial charge in [0.25, 0.3) is 11.7 Å². The average molecular weight is 289 g/mol. The molecule has 0 aromatic rings. The summed E-state index contributed by atoms with van der Waals surface area (Å²) in [5.41, 5.74) is 0. The number of aliphatic hydroxyl groups is 2. The molecule has 116 valence electrons. The second-order valence-corrected chi connectivity index (χ2v) is 5.11. The number of rotatable bonds is 6. The highest BCUT2D eigenvalue weighted by Crippen LogP contribution is 2.28. The summed E-state index contributed by atoms with van der Waals surface area (Å²) in [5.74, 6) is -4.47. The second-order valence-electron chi connectivity index (χ2n) is 5.11. The van der Waals surface area contributed by atoms with Crippen LogP contribution in [0.4, 0.5) is 0 Å². The summed E-state index contributed by atoms with van der Waals surface area (Å²) >= 11 is 0. The summed E-state index contributed by atoms with van der Waals surface area (Å²) < 4.78 is 5.05. The van der Waals surface area contributed by atoms with Crippen molar-refractivity contribution in [3.63, 3.8) is 0 Å².